The van der Waals surface area contributed by atoms with Crippen molar-refractivity contribution < 1.29 is 39.5 Å². The maximum atomic E-state index is 12.2. The fourth-order valence-corrected chi connectivity index (χ4v) is 3.26. The number of carbonyl (C=O) groups is 2. The highest BCUT2D eigenvalue weighted by molar-refractivity contribution is 7.80. The Morgan fingerprint density at radius 3 is 2.59 bits per heavy atom. The maximum Gasteiger partial charge on any atom is 0.321 e. The molecule has 2 aromatic rings. The van der Waals surface area contributed by atoms with Crippen molar-refractivity contribution in [3.8, 4) is 28.7 Å². The van der Waals surface area contributed by atoms with Gasteiger partial charge in [-0.2, -0.15) is 12.6 Å². The van der Waals surface area contributed by atoms with Gasteiger partial charge in [0.2, 0.25) is 0 Å². The van der Waals surface area contributed by atoms with Gasteiger partial charge in [-0.15, -0.1) is 6.58 Å². The number of phenols is 3. The second-order valence-electron chi connectivity index (χ2n) is 6.77. The molecule has 5 N–H and O–H groups in total. The lowest BCUT2D eigenvalue weighted by molar-refractivity contribution is -0.138. The molecule has 0 saturated heterocycles. The minimum atomic E-state index is -0.878. The van der Waals surface area contributed by atoms with Crippen molar-refractivity contribution in [3.05, 3.63) is 54.1 Å². The van der Waals surface area contributed by atoms with E-state index in [9.17, 15) is 24.9 Å². The van der Waals surface area contributed by atoms with Crippen LogP contribution < -0.4 is 14.8 Å². The van der Waals surface area contributed by atoms with Gasteiger partial charge in [-0.25, -0.2) is 0 Å². The Hall–Kier alpha value is -3.37. The number of carboxylic acids is 1. The van der Waals surface area contributed by atoms with E-state index < -0.39 is 18.1 Å². The summed E-state index contributed by atoms with van der Waals surface area (Å²) in [7, 11) is 1.44. The summed E-state index contributed by atoms with van der Waals surface area (Å²) in [5.74, 6) is -0.992. The third kappa shape index (κ3) is 6.08. The molecule has 0 aliphatic carbocycles. The number of aliphatic carboxylic acids is 1. The van der Waals surface area contributed by atoms with Gasteiger partial charge in [0, 0.05) is 24.4 Å². The van der Waals surface area contributed by atoms with E-state index in [0.29, 0.717) is 23.6 Å². The summed E-state index contributed by atoms with van der Waals surface area (Å²) in [4.78, 5) is 22.5. The van der Waals surface area contributed by atoms with Gasteiger partial charge >= 0.3 is 5.97 Å². The Balaban J connectivity index is 0.000000309. The Kier molecular flexibility index (Phi) is 8.80. The quantitative estimate of drug-likeness (QED) is 0.269. The Labute approximate surface area is 190 Å². The van der Waals surface area contributed by atoms with Gasteiger partial charge in [-0.05, 0) is 17.7 Å². The van der Waals surface area contributed by atoms with Crippen LogP contribution in [-0.4, -0.2) is 57.6 Å². The molecule has 0 amide bonds. The van der Waals surface area contributed by atoms with Gasteiger partial charge in [0.05, 0.1) is 13.5 Å². The summed E-state index contributed by atoms with van der Waals surface area (Å²) in [6.07, 6.45) is 1.02. The molecule has 10 heteroatoms. The number of carbonyl (C=O) groups excluding carboxylic acids is 1. The Morgan fingerprint density at radius 2 is 2.03 bits per heavy atom. The third-order valence-corrected chi connectivity index (χ3v) is 4.91. The first-order valence-corrected chi connectivity index (χ1v) is 10.2. The highest BCUT2D eigenvalue weighted by atomic mass is 32.1. The molecular formula is C22H25NO8S. The van der Waals surface area contributed by atoms with E-state index in [1.807, 2.05) is 0 Å². The monoisotopic (exact) mass is 463 g/mol. The molecule has 0 saturated carbocycles. The molecule has 0 aromatic heterocycles. The fourth-order valence-electron chi connectivity index (χ4n) is 2.97. The smallest absolute Gasteiger partial charge is 0.321 e. The third-order valence-electron chi connectivity index (χ3n) is 4.55. The minimum absolute atomic E-state index is 0.0249. The van der Waals surface area contributed by atoms with Crippen molar-refractivity contribution >= 4 is 24.4 Å². The molecule has 1 aliphatic heterocycles. The van der Waals surface area contributed by atoms with Crippen molar-refractivity contribution in [1.82, 2.24) is 5.32 Å². The van der Waals surface area contributed by atoms with E-state index in [1.165, 1.54) is 19.2 Å². The molecule has 2 atom stereocenters. The lowest BCUT2D eigenvalue weighted by atomic mass is 9.95. The Morgan fingerprint density at radius 1 is 1.31 bits per heavy atom. The number of hydrogen-bond acceptors (Lipinski definition) is 9. The number of hydrogen-bond donors (Lipinski definition) is 6. The number of fused-ring (bicyclic) bond motifs is 1. The van der Waals surface area contributed by atoms with Gasteiger partial charge < -0.3 is 35.2 Å². The average molecular weight is 464 g/mol. The second-order valence-corrected chi connectivity index (χ2v) is 7.14. The summed E-state index contributed by atoms with van der Waals surface area (Å²) in [6.45, 7) is 3.94. The van der Waals surface area contributed by atoms with Crippen LogP contribution in [0.5, 0.6) is 28.7 Å². The number of carboxylic acid groups (broad SMARTS) is 1. The van der Waals surface area contributed by atoms with E-state index in [4.69, 9.17) is 14.6 Å². The molecule has 1 aliphatic rings. The van der Waals surface area contributed by atoms with Crippen LogP contribution in [0.25, 0.3) is 0 Å². The summed E-state index contributed by atoms with van der Waals surface area (Å²) < 4.78 is 10.7. The van der Waals surface area contributed by atoms with Crippen molar-refractivity contribution in [1.29, 1.82) is 0 Å². The van der Waals surface area contributed by atoms with E-state index >= 15 is 0 Å². The lowest BCUT2D eigenvalue weighted by Gasteiger charge is -2.26. The first-order valence-electron chi connectivity index (χ1n) is 9.52. The molecule has 0 spiro atoms. The number of methoxy groups -OCH3 is 1. The van der Waals surface area contributed by atoms with Crippen LogP contribution in [0.4, 0.5) is 0 Å². The standard InChI is InChI=1S/C16H14O6.C6H11NO2S/c1-21-13-3-2-8(4-10(13)18)14-7-12(20)16-11(19)5-9(17)6-15(16)22-14;1-2-3-7-5(4-10)6(8)9/h2-6,14,17-19H,7H2,1H3;2,5,7,10H,1,3-4H2,(H,8,9)/t14-;/m0./s1. The minimum Gasteiger partial charge on any atom is -0.508 e. The molecule has 9 nitrogen and oxygen atoms in total. The zero-order chi connectivity index (χ0) is 23.8. The van der Waals surface area contributed by atoms with Crippen LogP contribution in [-0.2, 0) is 4.79 Å². The first-order chi connectivity index (χ1) is 15.2. The lowest BCUT2D eigenvalue weighted by Crippen LogP contribution is -2.38. The van der Waals surface area contributed by atoms with Gasteiger partial charge in [0.25, 0.3) is 0 Å². The molecule has 2 aromatic carbocycles. The predicted octanol–water partition coefficient (Wildman–Crippen LogP) is 2.66. The number of thiol groups is 1. The molecule has 1 unspecified atom stereocenters. The van der Waals surface area contributed by atoms with Crippen molar-refractivity contribution in [2.45, 2.75) is 18.6 Å². The largest absolute Gasteiger partial charge is 0.508 e. The zero-order valence-electron chi connectivity index (χ0n) is 17.3. The Bertz CT molecular complexity index is 994. The molecule has 3 rings (SSSR count). The molecule has 32 heavy (non-hydrogen) atoms. The molecule has 1 heterocycles. The topological polar surface area (TPSA) is 146 Å². The number of ether oxygens (including phenoxy) is 2. The van der Waals surface area contributed by atoms with Gasteiger partial charge in [0.15, 0.2) is 17.3 Å². The van der Waals surface area contributed by atoms with Crippen LogP contribution in [0.3, 0.4) is 0 Å². The van der Waals surface area contributed by atoms with E-state index in [1.54, 1.807) is 18.2 Å². The summed E-state index contributed by atoms with van der Waals surface area (Å²) in [5, 5.41) is 40.3. The summed E-state index contributed by atoms with van der Waals surface area (Å²) in [5.41, 5.74) is 0.659. The van der Waals surface area contributed by atoms with Crippen LogP contribution in [0, 0.1) is 0 Å². The van der Waals surface area contributed by atoms with E-state index in [0.717, 1.165) is 6.07 Å². The number of benzene rings is 2. The summed E-state index contributed by atoms with van der Waals surface area (Å²) >= 11 is 3.85. The number of aromatic hydroxyl groups is 3. The van der Waals surface area contributed by atoms with E-state index in [2.05, 4.69) is 24.5 Å². The van der Waals surface area contributed by atoms with Crippen molar-refractivity contribution in [3.63, 3.8) is 0 Å². The van der Waals surface area contributed by atoms with E-state index in [-0.39, 0.29) is 40.8 Å². The first kappa shape index (κ1) is 24.9. The van der Waals surface area contributed by atoms with Crippen LogP contribution >= 0.6 is 12.6 Å². The fraction of sp³-hybridized carbons (Fsp3) is 0.273. The van der Waals surface area contributed by atoms with Gasteiger partial charge in [0.1, 0.15) is 35.0 Å². The number of Topliss-reactive ketones (excluding diaryl/α,β-unsaturated/α-hetero) is 1. The number of ketones is 1. The summed E-state index contributed by atoms with van der Waals surface area (Å²) in [6, 6.07) is 6.53. The van der Waals surface area contributed by atoms with Crippen LogP contribution in [0.2, 0.25) is 0 Å². The molecule has 172 valence electrons. The van der Waals surface area contributed by atoms with Gasteiger partial charge in [-0.3, -0.25) is 9.59 Å². The van der Waals surface area contributed by atoms with Crippen molar-refractivity contribution in [2.75, 3.05) is 19.4 Å². The number of phenolic OH excluding ortho intramolecular Hbond substituents is 3. The molecular weight excluding hydrogens is 438 g/mol. The molecule has 0 bridgehead atoms. The van der Waals surface area contributed by atoms with Crippen LogP contribution in [0.15, 0.2) is 43.0 Å². The van der Waals surface area contributed by atoms with Crippen molar-refractivity contribution in [2.24, 2.45) is 0 Å². The highest BCUT2D eigenvalue weighted by Gasteiger charge is 2.31. The zero-order valence-corrected chi connectivity index (χ0v) is 18.2. The van der Waals surface area contributed by atoms with Gasteiger partial charge in [-0.1, -0.05) is 12.1 Å². The number of nitrogens with one attached hydrogen (secondary N) is 1. The average Bonchev–Trinajstić information content (AvgIpc) is 2.73. The second kappa shape index (κ2) is 11.3. The van der Waals surface area contributed by atoms with Crippen LogP contribution in [0.1, 0.15) is 28.4 Å². The molecule has 0 fully saturated rings. The maximum absolute atomic E-state index is 12.2. The predicted molar refractivity (Wildman–Crippen MR) is 120 cm³/mol. The highest BCUT2D eigenvalue weighted by Crippen LogP contribution is 2.42. The SMILES string of the molecule is C=CCNC(CS)C(=O)O.COc1ccc([C@@H]2CC(=O)c3c(O)cc(O)cc3O2)cc1O. The number of rotatable bonds is 7. The normalized spacial score (nSPS) is 15.4. The molecule has 0 radical (unpaired) electrons.